The first kappa shape index (κ1) is 11.0. The molecule has 0 unspecified atom stereocenters. The molecule has 0 amide bonds. The second kappa shape index (κ2) is 3.61. The van der Waals surface area contributed by atoms with Gasteiger partial charge in [-0.05, 0) is 13.5 Å². The minimum atomic E-state index is -4.54. The molecule has 1 N–H and O–H groups in total. The summed E-state index contributed by atoms with van der Waals surface area (Å²) in [5.41, 5.74) is -1.44. The van der Waals surface area contributed by atoms with Crippen LogP contribution in [0.3, 0.4) is 0 Å². The van der Waals surface area contributed by atoms with Crippen LogP contribution in [-0.4, -0.2) is 42.3 Å². The van der Waals surface area contributed by atoms with E-state index in [1.807, 2.05) is 0 Å². The standard InChI is InChI=1S/C8H10F3NO2/c1-12-3-2-5(7(13)14)6(4-12)8(9,10)11/h2-4H2,1H3,(H,13,14). The third-order valence-electron chi connectivity index (χ3n) is 2.14. The van der Waals surface area contributed by atoms with Gasteiger partial charge in [-0.2, -0.15) is 13.2 Å². The van der Waals surface area contributed by atoms with Crippen molar-refractivity contribution in [2.75, 3.05) is 20.1 Å². The van der Waals surface area contributed by atoms with Gasteiger partial charge in [-0.3, -0.25) is 0 Å². The van der Waals surface area contributed by atoms with Crippen LogP contribution >= 0.6 is 0 Å². The SMILES string of the molecule is CN1CCC(C(=O)O)=C(C(F)(F)F)C1. The highest BCUT2D eigenvalue weighted by molar-refractivity contribution is 5.88. The molecule has 80 valence electrons. The van der Waals surface area contributed by atoms with Gasteiger partial charge < -0.3 is 10.0 Å². The van der Waals surface area contributed by atoms with Crippen LogP contribution < -0.4 is 0 Å². The first-order valence-electron chi connectivity index (χ1n) is 4.03. The monoisotopic (exact) mass is 209 g/mol. The van der Waals surface area contributed by atoms with E-state index in [9.17, 15) is 18.0 Å². The number of rotatable bonds is 1. The van der Waals surface area contributed by atoms with E-state index in [1.54, 1.807) is 0 Å². The van der Waals surface area contributed by atoms with E-state index in [2.05, 4.69) is 0 Å². The number of aliphatic carboxylic acids is 1. The van der Waals surface area contributed by atoms with E-state index in [1.165, 1.54) is 11.9 Å². The smallest absolute Gasteiger partial charge is 0.414 e. The number of nitrogens with zero attached hydrogens (tertiary/aromatic N) is 1. The Balaban J connectivity index is 3.07. The highest BCUT2D eigenvalue weighted by Crippen LogP contribution is 2.32. The van der Waals surface area contributed by atoms with Crippen molar-refractivity contribution >= 4 is 5.97 Å². The minimum Gasteiger partial charge on any atom is -0.478 e. The second-order valence-electron chi connectivity index (χ2n) is 3.25. The molecule has 0 fully saturated rings. The quantitative estimate of drug-likeness (QED) is 0.706. The van der Waals surface area contributed by atoms with Crippen molar-refractivity contribution in [3.8, 4) is 0 Å². The largest absolute Gasteiger partial charge is 0.478 e. The number of hydrogen-bond donors (Lipinski definition) is 1. The Labute approximate surface area is 78.8 Å². The molecule has 1 aliphatic heterocycles. The number of likely N-dealkylation sites (N-methyl/N-ethyl adjacent to an activating group) is 1. The molecule has 0 saturated carbocycles. The Kier molecular flexibility index (Phi) is 2.84. The lowest BCUT2D eigenvalue weighted by Gasteiger charge is -2.27. The van der Waals surface area contributed by atoms with Crippen LogP contribution in [0.25, 0.3) is 0 Å². The van der Waals surface area contributed by atoms with Crippen molar-refractivity contribution in [3.63, 3.8) is 0 Å². The third kappa shape index (κ3) is 2.25. The van der Waals surface area contributed by atoms with Crippen molar-refractivity contribution in [2.24, 2.45) is 0 Å². The molecule has 0 aliphatic carbocycles. The van der Waals surface area contributed by atoms with Gasteiger partial charge in [-0.1, -0.05) is 0 Å². The minimum absolute atomic E-state index is 0.0549. The predicted molar refractivity (Wildman–Crippen MR) is 42.8 cm³/mol. The maximum absolute atomic E-state index is 12.4. The average molecular weight is 209 g/mol. The Morgan fingerprint density at radius 2 is 2.07 bits per heavy atom. The summed E-state index contributed by atoms with van der Waals surface area (Å²) < 4.78 is 37.1. The van der Waals surface area contributed by atoms with E-state index in [0.717, 1.165) is 0 Å². The van der Waals surface area contributed by atoms with E-state index in [0.29, 0.717) is 6.54 Å². The molecule has 1 aliphatic rings. The lowest BCUT2D eigenvalue weighted by Crippen LogP contribution is -2.35. The lowest BCUT2D eigenvalue weighted by atomic mass is 10.00. The normalized spacial score (nSPS) is 20.0. The summed E-state index contributed by atoms with van der Waals surface area (Å²) in [6.45, 7) is 0.00630. The van der Waals surface area contributed by atoms with Crippen LogP contribution in [0.15, 0.2) is 11.1 Å². The van der Waals surface area contributed by atoms with Gasteiger partial charge in [-0.25, -0.2) is 4.79 Å². The molecule has 0 radical (unpaired) electrons. The third-order valence-corrected chi connectivity index (χ3v) is 2.14. The maximum Gasteiger partial charge on any atom is 0.414 e. The zero-order valence-corrected chi connectivity index (χ0v) is 7.56. The van der Waals surface area contributed by atoms with E-state index in [4.69, 9.17) is 5.11 Å². The van der Waals surface area contributed by atoms with Crippen molar-refractivity contribution in [2.45, 2.75) is 12.6 Å². The van der Waals surface area contributed by atoms with Crippen LogP contribution in [0, 0.1) is 0 Å². The van der Waals surface area contributed by atoms with Crippen molar-refractivity contribution in [1.82, 2.24) is 4.90 Å². The van der Waals surface area contributed by atoms with Crippen LogP contribution in [0.5, 0.6) is 0 Å². The predicted octanol–water partition coefficient (Wildman–Crippen LogP) is 1.27. The Hall–Kier alpha value is -1.04. The molecule has 3 nitrogen and oxygen atoms in total. The van der Waals surface area contributed by atoms with Gasteiger partial charge >= 0.3 is 12.1 Å². The van der Waals surface area contributed by atoms with Crippen molar-refractivity contribution in [3.05, 3.63) is 11.1 Å². The van der Waals surface area contributed by atoms with Crippen LogP contribution in [0.2, 0.25) is 0 Å². The molecular formula is C8H10F3NO2. The fourth-order valence-corrected chi connectivity index (χ4v) is 1.39. The fraction of sp³-hybridized carbons (Fsp3) is 0.625. The molecule has 0 aromatic carbocycles. The number of carboxylic acids is 1. The molecule has 6 heteroatoms. The summed E-state index contributed by atoms with van der Waals surface area (Å²) in [6.07, 6.45) is -4.59. The Bertz CT molecular complexity index is 283. The van der Waals surface area contributed by atoms with Crippen molar-refractivity contribution in [1.29, 1.82) is 0 Å². The van der Waals surface area contributed by atoms with E-state index >= 15 is 0 Å². The zero-order chi connectivity index (χ0) is 10.9. The molecule has 0 aromatic rings. The molecule has 0 atom stereocenters. The molecule has 0 saturated heterocycles. The number of halogens is 3. The topological polar surface area (TPSA) is 40.5 Å². The molecule has 0 aromatic heterocycles. The highest BCUT2D eigenvalue weighted by atomic mass is 19.4. The fourth-order valence-electron chi connectivity index (χ4n) is 1.39. The summed E-state index contributed by atoms with van der Waals surface area (Å²) in [6, 6.07) is 0. The average Bonchev–Trinajstić information content (AvgIpc) is 2.01. The Morgan fingerprint density at radius 3 is 2.50 bits per heavy atom. The van der Waals surface area contributed by atoms with Gasteiger partial charge in [0, 0.05) is 18.7 Å². The van der Waals surface area contributed by atoms with Crippen LogP contribution in [-0.2, 0) is 4.79 Å². The number of hydrogen-bond acceptors (Lipinski definition) is 2. The summed E-state index contributed by atoms with van der Waals surface area (Å²) >= 11 is 0. The van der Waals surface area contributed by atoms with E-state index < -0.39 is 23.3 Å². The maximum atomic E-state index is 12.4. The molecular weight excluding hydrogens is 199 g/mol. The summed E-state index contributed by atoms with van der Waals surface area (Å²) in [4.78, 5) is 12.0. The van der Waals surface area contributed by atoms with Gasteiger partial charge in [0.15, 0.2) is 0 Å². The van der Waals surface area contributed by atoms with Crippen LogP contribution in [0.1, 0.15) is 6.42 Å². The van der Waals surface area contributed by atoms with Gasteiger partial charge in [0.25, 0.3) is 0 Å². The molecule has 0 spiro atoms. The van der Waals surface area contributed by atoms with Gasteiger partial charge in [-0.15, -0.1) is 0 Å². The van der Waals surface area contributed by atoms with Crippen LogP contribution in [0.4, 0.5) is 13.2 Å². The number of carbonyl (C=O) groups is 1. The lowest BCUT2D eigenvalue weighted by molar-refractivity contribution is -0.135. The molecule has 0 bridgehead atoms. The first-order valence-corrected chi connectivity index (χ1v) is 4.03. The zero-order valence-electron chi connectivity index (χ0n) is 7.56. The summed E-state index contributed by atoms with van der Waals surface area (Å²) in [5, 5.41) is 8.58. The highest BCUT2D eigenvalue weighted by Gasteiger charge is 2.40. The summed E-state index contributed by atoms with van der Waals surface area (Å²) in [5.74, 6) is -1.47. The van der Waals surface area contributed by atoms with E-state index in [-0.39, 0.29) is 13.0 Å². The molecule has 1 rings (SSSR count). The summed E-state index contributed by atoms with van der Waals surface area (Å²) in [7, 11) is 1.53. The second-order valence-corrected chi connectivity index (χ2v) is 3.25. The van der Waals surface area contributed by atoms with Gasteiger partial charge in [0.1, 0.15) is 0 Å². The first-order chi connectivity index (χ1) is 6.32. The Morgan fingerprint density at radius 1 is 1.50 bits per heavy atom. The van der Waals surface area contributed by atoms with Gasteiger partial charge in [0.05, 0.1) is 5.57 Å². The molecule has 14 heavy (non-hydrogen) atoms. The molecule has 1 heterocycles. The number of alkyl halides is 3. The number of carboxylic acid groups (broad SMARTS) is 1. The van der Waals surface area contributed by atoms with Gasteiger partial charge in [0.2, 0.25) is 0 Å². The van der Waals surface area contributed by atoms with Crippen molar-refractivity contribution < 1.29 is 23.1 Å².